The molecule has 9 heteroatoms. The van der Waals surface area contributed by atoms with Gasteiger partial charge in [-0.3, -0.25) is 19.7 Å². The first kappa shape index (κ1) is 20.6. The number of carbonyl (C=O) groups excluding carboxylic acids is 3. The molecule has 0 atom stereocenters. The van der Waals surface area contributed by atoms with Crippen LogP contribution >= 0.6 is 0 Å². The maximum absolute atomic E-state index is 12.1. The molecule has 0 saturated heterocycles. The van der Waals surface area contributed by atoms with Crippen molar-refractivity contribution in [2.75, 3.05) is 18.5 Å². The average Bonchev–Trinajstić information content (AvgIpc) is 2.66. The summed E-state index contributed by atoms with van der Waals surface area (Å²) < 4.78 is 4.94. The van der Waals surface area contributed by atoms with Gasteiger partial charge in [-0.05, 0) is 38.1 Å². The van der Waals surface area contributed by atoms with Crippen molar-refractivity contribution in [3.63, 3.8) is 0 Å². The molecule has 2 rings (SSSR count). The molecule has 9 nitrogen and oxygen atoms in total. The van der Waals surface area contributed by atoms with E-state index in [-0.39, 0.29) is 22.7 Å². The van der Waals surface area contributed by atoms with Crippen LogP contribution in [-0.2, 0) is 9.53 Å². The number of rotatable bonds is 7. The molecule has 0 heterocycles. The van der Waals surface area contributed by atoms with Gasteiger partial charge in [-0.15, -0.1) is 0 Å². The van der Waals surface area contributed by atoms with E-state index >= 15 is 0 Å². The van der Waals surface area contributed by atoms with Crippen molar-refractivity contribution in [2.24, 2.45) is 0 Å². The van der Waals surface area contributed by atoms with Crippen LogP contribution in [0.1, 0.15) is 33.2 Å². The summed E-state index contributed by atoms with van der Waals surface area (Å²) >= 11 is 0. The Morgan fingerprint density at radius 3 is 2.54 bits per heavy atom. The van der Waals surface area contributed by atoms with E-state index in [1.54, 1.807) is 25.1 Å². The summed E-state index contributed by atoms with van der Waals surface area (Å²) in [5.74, 6) is -1.72. The normalized spacial score (nSPS) is 10.1. The number of nitrogens with zero attached hydrogens (tertiary/aromatic N) is 1. The van der Waals surface area contributed by atoms with E-state index in [0.29, 0.717) is 17.8 Å². The SMILES string of the molecule is CCNC(=O)c1cccc(NC(=O)COC(=O)c2cccc([N+](=O)[O-])c2C)c1. The van der Waals surface area contributed by atoms with Gasteiger partial charge in [0.15, 0.2) is 6.61 Å². The predicted molar refractivity (Wildman–Crippen MR) is 101 cm³/mol. The molecule has 28 heavy (non-hydrogen) atoms. The number of hydrogen-bond acceptors (Lipinski definition) is 6. The van der Waals surface area contributed by atoms with Gasteiger partial charge >= 0.3 is 5.97 Å². The Morgan fingerprint density at radius 2 is 1.86 bits per heavy atom. The van der Waals surface area contributed by atoms with Gasteiger partial charge in [-0.25, -0.2) is 4.79 Å². The van der Waals surface area contributed by atoms with Crippen molar-refractivity contribution in [2.45, 2.75) is 13.8 Å². The summed E-state index contributed by atoms with van der Waals surface area (Å²) in [7, 11) is 0. The summed E-state index contributed by atoms with van der Waals surface area (Å²) in [4.78, 5) is 46.3. The van der Waals surface area contributed by atoms with E-state index in [1.807, 2.05) is 0 Å². The van der Waals surface area contributed by atoms with Crippen molar-refractivity contribution in [3.05, 3.63) is 69.3 Å². The summed E-state index contributed by atoms with van der Waals surface area (Å²) in [6, 6.07) is 10.3. The number of anilines is 1. The topological polar surface area (TPSA) is 128 Å². The number of nitro benzene ring substituents is 1. The molecule has 0 aliphatic rings. The Kier molecular flexibility index (Phi) is 6.80. The fourth-order valence-electron chi connectivity index (χ4n) is 2.45. The van der Waals surface area contributed by atoms with Gasteiger partial charge in [0.2, 0.25) is 0 Å². The zero-order valence-corrected chi connectivity index (χ0v) is 15.4. The predicted octanol–water partition coefficient (Wildman–Crippen LogP) is 2.45. The number of hydrogen-bond donors (Lipinski definition) is 2. The van der Waals surface area contributed by atoms with Crippen LogP contribution in [0.25, 0.3) is 0 Å². The van der Waals surface area contributed by atoms with Crippen molar-refractivity contribution in [1.29, 1.82) is 0 Å². The largest absolute Gasteiger partial charge is 0.452 e. The second-order valence-electron chi connectivity index (χ2n) is 5.77. The lowest BCUT2D eigenvalue weighted by Crippen LogP contribution is -2.23. The van der Waals surface area contributed by atoms with E-state index in [9.17, 15) is 24.5 Å². The molecule has 0 radical (unpaired) electrons. The number of benzene rings is 2. The molecule has 0 aromatic heterocycles. The zero-order valence-electron chi connectivity index (χ0n) is 15.4. The zero-order chi connectivity index (χ0) is 20.7. The van der Waals surface area contributed by atoms with E-state index in [4.69, 9.17) is 4.74 Å². The van der Waals surface area contributed by atoms with Crippen LogP contribution in [-0.4, -0.2) is 35.9 Å². The highest BCUT2D eigenvalue weighted by Gasteiger charge is 2.19. The van der Waals surface area contributed by atoms with Gasteiger partial charge in [-0.1, -0.05) is 12.1 Å². The van der Waals surface area contributed by atoms with Gasteiger partial charge in [0.25, 0.3) is 17.5 Å². The third kappa shape index (κ3) is 5.13. The average molecular weight is 385 g/mol. The smallest absolute Gasteiger partial charge is 0.339 e. The van der Waals surface area contributed by atoms with Crippen LogP contribution in [0, 0.1) is 17.0 Å². The standard InChI is InChI=1S/C19H19N3O6/c1-3-20-18(24)13-6-4-7-14(10-13)21-17(23)11-28-19(25)15-8-5-9-16(12(15)2)22(26)27/h4-10H,3,11H2,1-2H3,(H,20,24)(H,21,23). The molecular formula is C19H19N3O6. The third-order valence-electron chi connectivity index (χ3n) is 3.80. The Balaban J connectivity index is 1.99. The Labute approximate surface area is 160 Å². The fourth-order valence-corrected chi connectivity index (χ4v) is 2.45. The highest BCUT2D eigenvalue weighted by atomic mass is 16.6. The van der Waals surface area contributed by atoms with Crippen molar-refractivity contribution in [1.82, 2.24) is 5.32 Å². The number of esters is 1. The van der Waals surface area contributed by atoms with E-state index in [1.165, 1.54) is 31.2 Å². The molecule has 2 aromatic carbocycles. The molecule has 0 spiro atoms. The maximum Gasteiger partial charge on any atom is 0.339 e. The van der Waals surface area contributed by atoms with Crippen molar-refractivity contribution >= 4 is 29.2 Å². The minimum atomic E-state index is -0.840. The first-order chi connectivity index (χ1) is 13.3. The second kappa shape index (κ2) is 9.26. The number of nitro groups is 1. The molecule has 0 unspecified atom stereocenters. The molecule has 0 saturated carbocycles. The van der Waals surface area contributed by atoms with E-state index in [2.05, 4.69) is 10.6 Å². The minimum absolute atomic E-state index is 0.0141. The maximum atomic E-state index is 12.1. The van der Waals surface area contributed by atoms with E-state index < -0.39 is 23.4 Å². The Bertz CT molecular complexity index is 926. The molecule has 2 aromatic rings. The second-order valence-corrected chi connectivity index (χ2v) is 5.77. The molecule has 0 aliphatic carbocycles. The molecule has 2 N–H and O–H groups in total. The van der Waals surface area contributed by atoms with Crippen molar-refractivity contribution in [3.8, 4) is 0 Å². The van der Waals surface area contributed by atoms with Crippen LogP contribution < -0.4 is 10.6 Å². The molecule has 0 fully saturated rings. The highest BCUT2D eigenvalue weighted by molar-refractivity contribution is 5.98. The summed E-state index contributed by atoms with van der Waals surface area (Å²) in [6.07, 6.45) is 0. The van der Waals surface area contributed by atoms with Gasteiger partial charge in [-0.2, -0.15) is 0 Å². The summed E-state index contributed by atoms with van der Waals surface area (Å²) in [5, 5.41) is 16.1. The minimum Gasteiger partial charge on any atom is -0.452 e. The first-order valence-electron chi connectivity index (χ1n) is 8.42. The highest BCUT2D eigenvalue weighted by Crippen LogP contribution is 2.21. The fraction of sp³-hybridized carbons (Fsp3) is 0.211. The Morgan fingerprint density at radius 1 is 1.14 bits per heavy atom. The number of amides is 2. The van der Waals surface area contributed by atoms with Crippen LogP contribution in [0.15, 0.2) is 42.5 Å². The quantitative estimate of drug-likeness (QED) is 0.428. The lowest BCUT2D eigenvalue weighted by Gasteiger charge is -2.09. The molecule has 0 aliphatic heterocycles. The first-order valence-corrected chi connectivity index (χ1v) is 8.42. The van der Waals surface area contributed by atoms with Crippen LogP contribution in [0.5, 0.6) is 0 Å². The lowest BCUT2D eigenvalue weighted by atomic mass is 10.1. The molecule has 146 valence electrons. The third-order valence-corrected chi connectivity index (χ3v) is 3.80. The monoisotopic (exact) mass is 385 g/mol. The Hall–Kier alpha value is -3.75. The van der Waals surface area contributed by atoms with Crippen LogP contribution in [0.3, 0.4) is 0 Å². The molecule has 2 amide bonds. The van der Waals surface area contributed by atoms with Crippen LogP contribution in [0.2, 0.25) is 0 Å². The number of carbonyl (C=O) groups is 3. The number of ether oxygens (including phenoxy) is 1. The van der Waals surface area contributed by atoms with Gasteiger partial charge in [0.05, 0.1) is 10.5 Å². The number of nitrogens with one attached hydrogen (secondary N) is 2. The van der Waals surface area contributed by atoms with Gasteiger partial charge in [0, 0.05) is 29.4 Å². The summed E-state index contributed by atoms with van der Waals surface area (Å²) in [5.41, 5.74) is 0.717. The molecule has 0 bridgehead atoms. The molecular weight excluding hydrogens is 366 g/mol. The van der Waals surface area contributed by atoms with Gasteiger partial charge in [0.1, 0.15) is 0 Å². The summed E-state index contributed by atoms with van der Waals surface area (Å²) in [6.45, 7) is 3.12. The lowest BCUT2D eigenvalue weighted by molar-refractivity contribution is -0.385. The van der Waals surface area contributed by atoms with Gasteiger partial charge < -0.3 is 15.4 Å². The van der Waals surface area contributed by atoms with Crippen LogP contribution in [0.4, 0.5) is 11.4 Å². The van der Waals surface area contributed by atoms with E-state index in [0.717, 1.165) is 0 Å². The van der Waals surface area contributed by atoms with Crippen molar-refractivity contribution < 1.29 is 24.0 Å².